The second-order valence-electron chi connectivity index (χ2n) is 6.91. The zero-order chi connectivity index (χ0) is 21.3. The molecule has 2 aromatic heterocycles. The Morgan fingerprint density at radius 1 is 1.33 bits per heavy atom. The van der Waals surface area contributed by atoms with Gasteiger partial charge in [-0.25, -0.2) is 12.8 Å². The largest absolute Gasteiger partial charge is 0.351 e. The molecule has 1 aromatic carbocycles. The SMILES string of the molecule is CC(=O)CC1CN=C(c2cc3cccc(N(CCF)S(=O)(=O)c4cccs4)c3[nH]2)S1. The van der Waals surface area contributed by atoms with E-state index in [-0.39, 0.29) is 21.8 Å². The molecule has 4 rings (SSSR count). The fourth-order valence-electron chi connectivity index (χ4n) is 3.42. The quantitative estimate of drug-likeness (QED) is 0.540. The second kappa shape index (κ2) is 8.52. The van der Waals surface area contributed by atoms with Crippen molar-refractivity contribution in [2.24, 2.45) is 4.99 Å². The van der Waals surface area contributed by atoms with E-state index in [0.29, 0.717) is 24.2 Å². The van der Waals surface area contributed by atoms with Crippen LogP contribution in [0.5, 0.6) is 0 Å². The summed E-state index contributed by atoms with van der Waals surface area (Å²) < 4.78 is 40.9. The molecule has 1 aliphatic rings. The first-order chi connectivity index (χ1) is 14.4. The van der Waals surface area contributed by atoms with Crippen molar-refractivity contribution in [1.29, 1.82) is 0 Å². The molecule has 158 valence electrons. The maximum absolute atomic E-state index is 13.3. The minimum absolute atomic E-state index is 0.116. The van der Waals surface area contributed by atoms with Crippen molar-refractivity contribution in [3.05, 3.63) is 47.5 Å². The normalized spacial score (nSPS) is 16.7. The molecule has 0 saturated heterocycles. The van der Waals surface area contributed by atoms with Gasteiger partial charge in [-0.3, -0.25) is 14.1 Å². The number of benzene rings is 1. The maximum Gasteiger partial charge on any atom is 0.273 e. The first-order valence-corrected chi connectivity index (χ1v) is 12.5. The highest BCUT2D eigenvalue weighted by Crippen LogP contribution is 2.34. The molecule has 0 aliphatic carbocycles. The number of anilines is 1. The number of hydrogen-bond acceptors (Lipinski definition) is 6. The lowest BCUT2D eigenvalue weighted by atomic mass is 10.2. The summed E-state index contributed by atoms with van der Waals surface area (Å²) in [4.78, 5) is 19.2. The van der Waals surface area contributed by atoms with Crippen LogP contribution in [-0.2, 0) is 14.8 Å². The van der Waals surface area contributed by atoms with E-state index in [4.69, 9.17) is 0 Å². The summed E-state index contributed by atoms with van der Waals surface area (Å²) in [6.45, 7) is 1.07. The number of nitrogens with zero attached hydrogens (tertiary/aromatic N) is 2. The molecule has 3 aromatic rings. The van der Waals surface area contributed by atoms with E-state index in [1.807, 2.05) is 12.1 Å². The first kappa shape index (κ1) is 21.1. The van der Waals surface area contributed by atoms with Gasteiger partial charge in [0.2, 0.25) is 0 Å². The van der Waals surface area contributed by atoms with Crippen LogP contribution in [0.3, 0.4) is 0 Å². The number of Topliss-reactive ketones (excluding diaryl/α,β-unsaturated/α-hetero) is 1. The van der Waals surface area contributed by atoms with Crippen molar-refractivity contribution < 1.29 is 17.6 Å². The zero-order valence-corrected chi connectivity index (χ0v) is 18.6. The number of aromatic amines is 1. The van der Waals surface area contributed by atoms with Crippen LogP contribution in [0, 0.1) is 0 Å². The van der Waals surface area contributed by atoms with Crippen LogP contribution in [0.4, 0.5) is 10.1 Å². The van der Waals surface area contributed by atoms with E-state index in [0.717, 1.165) is 31.8 Å². The highest BCUT2D eigenvalue weighted by Gasteiger charge is 2.28. The van der Waals surface area contributed by atoms with E-state index in [1.54, 1.807) is 42.3 Å². The summed E-state index contributed by atoms with van der Waals surface area (Å²) >= 11 is 2.65. The Labute approximate surface area is 182 Å². The summed E-state index contributed by atoms with van der Waals surface area (Å²) in [7, 11) is -3.88. The van der Waals surface area contributed by atoms with Gasteiger partial charge < -0.3 is 4.98 Å². The van der Waals surface area contributed by atoms with Gasteiger partial charge in [0, 0.05) is 17.1 Å². The zero-order valence-electron chi connectivity index (χ0n) is 16.2. The van der Waals surface area contributed by atoms with Crippen LogP contribution >= 0.6 is 23.1 Å². The number of sulfonamides is 1. The third-order valence-electron chi connectivity index (χ3n) is 4.69. The number of aromatic nitrogens is 1. The smallest absolute Gasteiger partial charge is 0.273 e. The Kier molecular flexibility index (Phi) is 5.99. The fraction of sp³-hybridized carbons (Fsp3) is 0.300. The van der Waals surface area contributed by atoms with Crippen LogP contribution in [0.2, 0.25) is 0 Å². The Morgan fingerprint density at radius 3 is 2.87 bits per heavy atom. The molecular weight excluding hydrogens is 445 g/mol. The van der Waals surface area contributed by atoms with Gasteiger partial charge in [-0.2, -0.15) is 0 Å². The highest BCUT2D eigenvalue weighted by molar-refractivity contribution is 8.15. The number of rotatable bonds is 8. The summed E-state index contributed by atoms with van der Waals surface area (Å²) in [5.41, 5.74) is 1.77. The molecule has 0 bridgehead atoms. The first-order valence-electron chi connectivity index (χ1n) is 9.35. The standard InChI is InChI=1S/C20H20FN3O3S3/c1-13(25)10-15-12-22-20(29-15)16-11-14-4-2-5-17(19(14)23-16)24(8-7-21)30(26,27)18-6-3-9-28-18/h2-6,9,11,15,23H,7-8,10,12H2,1H3. The van der Waals surface area contributed by atoms with E-state index in [1.165, 1.54) is 6.07 Å². The van der Waals surface area contributed by atoms with Crippen molar-refractivity contribution in [2.45, 2.75) is 22.8 Å². The van der Waals surface area contributed by atoms with Crippen molar-refractivity contribution >= 4 is 60.5 Å². The highest BCUT2D eigenvalue weighted by atomic mass is 32.2. The summed E-state index contributed by atoms with van der Waals surface area (Å²) in [5, 5.41) is 3.40. The van der Waals surface area contributed by atoms with Gasteiger partial charge in [-0.05, 0) is 30.5 Å². The molecule has 1 N–H and O–H groups in total. The van der Waals surface area contributed by atoms with Crippen LogP contribution in [0.15, 0.2) is 51.0 Å². The van der Waals surface area contributed by atoms with Gasteiger partial charge in [-0.15, -0.1) is 11.3 Å². The number of alkyl halides is 1. The van der Waals surface area contributed by atoms with Crippen LogP contribution in [-0.4, -0.2) is 49.2 Å². The minimum Gasteiger partial charge on any atom is -0.351 e. The van der Waals surface area contributed by atoms with Crippen molar-refractivity contribution in [3.8, 4) is 0 Å². The molecule has 1 aliphatic heterocycles. The number of nitrogens with one attached hydrogen (secondary N) is 1. The summed E-state index contributed by atoms with van der Waals surface area (Å²) in [6.07, 6.45) is 0.465. The van der Waals surface area contributed by atoms with Gasteiger partial charge in [-0.1, -0.05) is 30.0 Å². The lowest BCUT2D eigenvalue weighted by Crippen LogP contribution is -2.32. The number of carbonyl (C=O) groups excluding carboxylic acids is 1. The average molecular weight is 466 g/mol. The van der Waals surface area contributed by atoms with Crippen molar-refractivity contribution in [2.75, 3.05) is 24.1 Å². The molecule has 0 amide bonds. The molecule has 3 heterocycles. The minimum atomic E-state index is -3.88. The Bertz CT molecular complexity index is 1200. The van der Waals surface area contributed by atoms with E-state index in [2.05, 4.69) is 9.98 Å². The molecule has 10 heteroatoms. The van der Waals surface area contributed by atoms with Crippen LogP contribution < -0.4 is 4.31 Å². The predicted octanol–water partition coefficient (Wildman–Crippen LogP) is 4.24. The van der Waals surface area contributed by atoms with Gasteiger partial charge in [0.1, 0.15) is 21.7 Å². The molecule has 1 unspecified atom stereocenters. The maximum atomic E-state index is 13.3. The van der Waals surface area contributed by atoms with Gasteiger partial charge in [0.25, 0.3) is 10.0 Å². The van der Waals surface area contributed by atoms with Crippen LogP contribution in [0.25, 0.3) is 10.9 Å². The fourth-order valence-corrected chi connectivity index (χ4v) is 7.15. The number of carbonyl (C=O) groups is 1. The Hall–Kier alpha value is -2.17. The average Bonchev–Trinajstić information content (AvgIpc) is 3.44. The predicted molar refractivity (Wildman–Crippen MR) is 121 cm³/mol. The number of hydrogen-bond donors (Lipinski definition) is 1. The van der Waals surface area contributed by atoms with E-state index >= 15 is 0 Å². The molecule has 0 fully saturated rings. The number of ketones is 1. The lowest BCUT2D eigenvalue weighted by molar-refractivity contribution is -0.116. The summed E-state index contributed by atoms with van der Waals surface area (Å²) in [5.74, 6) is 0.128. The summed E-state index contributed by atoms with van der Waals surface area (Å²) in [6, 6.07) is 10.4. The number of para-hydroxylation sites is 1. The molecule has 0 radical (unpaired) electrons. The number of aliphatic imine (C=N–C) groups is 1. The van der Waals surface area contributed by atoms with E-state index < -0.39 is 16.7 Å². The number of thioether (sulfide) groups is 1. The number of fused-ring (bicyclic) bond motifs is 1. The third kappa shape index (κ3) is 4.03. The molecule has 0 saturated carbocycles. The molecule has 6 nitrogen and oxygen atoms in total. The second-order valence-corrected chi connectivity index (χ2v) is 11.2. The number of thiophene rings is 1. The van der Waals surface area contributed by atoms with Crippen molar-refractivity contribution in [3.63, 3.8) is 0 Å². The van der Waals surface area contributed by atoms with Gasteiger partial charge >= 0.3 is 0 Å². The topological polar surface area (TPSA) is 82.6 Å². The Morgan fingerprint density at radius 2 is 2.17 bits per heavy atom. The molecule has 0 spiro atoms. The number of H-pyrrole nitrogens is 1. The van der Waals surface area contributed by atoms with Crippen LogP contribution in [0.1, 0.15) is 19.0 Å². The number of halogens is 1. The third-order valence-corrected chi connectivity index (χ3v) is 9.10. The lowest BCUT2D eigenvalue weighted by Gasteiger charge is -2.23. The Balaban J connectivity index is 1.72. The van der Waals surface area contributed by atoms with Gasteiger partial charge in [0.15, 0.2) is 0 Å². The van der Waals surface area contributed by atoms with E-state index in [9.17, 15) is 17.6 Å². The molecule has 1 atom stereocenters. The molecule has 30 heavy (non-hydrogen) atoms. The van der Waals surface area contributed by atoms with Crippen molar-refractivity contribution in [1.82, 2.24) is 4.98 Å². The monoisotopic (exact) mass is 465 g/mol. The molecular formula is C20H20FN3O3S3. The van der Waals surface area contributed by atoms with Gasteiger partial charge in [0.05, 0.1) is 30.0 Å².